The number of benzene rings is 1. The van der Waals surface area contributed by atoms with E-state index in [9.17, 15) is 4.79 Å². The Bertz CT molecular complexity index is 649. The fourth-order valence-electron chi connectivity index (χ4n) is 4.88. The van der Waals surface area contributed by atoms with Crippen LogP contribution in [-0.2, 0) is 16.1 Å². The van der Waals surface area contributed by atoms with Gasteiger partial charge in [0.25, 0.3) is 0 Å². The molecule has 3 aliphatic rings. The van der Waals surface area contributed by atoms with E-state index in [0.29, 0.717) is 12.5 Å². The second-order valence-corrected chi connectivity index (χ2v) is 8.64. The Hall–Kier alpha value is -1.59. The van der Waals surface area contributed by atoms with Crippen LogP contribution in [-0.4, -0.2) is 62.2 Å². The number of carbonyl (C=O) groups is 1. The van der Waals surface area contributed by atoms with Crippen LogP contribution in [0.15, 0.2) is 24.3 Å². The summed E-state index contributed by atoms with van der Waals surface area (Å²) in [4.78, 5) is 17.3. The molecule has 3 saturated heterocycles. The lowest BCUT2D eigenvalue weighted by Crippen LogP contribution is -2.42. The van der Waals surface area contributed by atoms with Crippen LogP contribution in [0.5, 0.6) is 5.75 Å². The van der Waals surface area contributed by atoms with Gasteiger partial charge in [0, 0.05) is 32.7 Å². The van der Waals surface area contributed by atoms with Gasteiger partial charge in [-0.1, -0.05) is 12.1 Å². The Morgan fingerprint density at radius 1 is 1.30 bits per heavy atom. The van der Waals surface area contributed by atoms with Gasteiger partial charge in [-0.3, -0.25) is 4.79 Å². The van der Waals surface area contributed by atoms with Crippen LogP contribution < -0.4 is 4.74 Å². The van der Waals surface area contributed by atoms with E-state index in [1.54, 1.807) is 7.11 Å². The summed E-state index contributed by atoms with van der Waals surface area (Å²) < 4.78 is 10.8. The summed E-state index contributed by atoms with van der Waals surface area (Å²) in [6.07, 6.45) is 5.50. The van der Waals surface area contributed by atoms with Gasteiger partial charge in [0.15, 0.2) is 0 Å². The van der Waals surface area contributed by atoms with E-state index < -0.39 is 0 Å². The van der Waals surface area contributed by atoms with Crippen LogP contribution in [0.3, 0.4) is 0 Å². The standard InChI is InChI=1S/C22H32N2O3/c1-26-20-4-2-3-19(13-20)15-24-17-22(14-21(24)25)7-10-23(11-8-22)9-5-18-6-12-27-16-18/h2-4,13,18H,5-12,14-17H2,1H3/t18-/m0/s1. The topological polar surface area (TPSA) is 42.0 Å². The maximum absolute atomic E-state index is 12.7. The third-order valence-corrected chi connectivity index (χ3v) is 6.71. The number of carbonyl (C=O) groups excluding carboxylic acids is 1. The van der Waals surface area contributed by atoms with Crippen molar-refractivity contribution >= 4 is 5.91 Å². The predicted octanol–water partition coefficient (Wildman–Crippen LogP) is 2.94. The first kappa shape index (κ1) is 18.8. The van der Waals surface area contributed by atoms with Gasteiger partial charge in [0.1, 0.15) is 5.75 Å². The van der Waals surface area contributed by atoms with Gasteiger partial charge in [0.05, 0.1) is 7.11 Å². The highest BCUT2D eigenvalue weighted by molar-refractivity contribution is 5.79. The monoisotopic (exact) mass is 372 g/mol. The van der Waals surface area contributed by atoms with Crippen molar-refractivity contribution in [2.45, 2.75) is 38.6 Å². The van der Waals surface area contributed by atoms with Crippen molar-refractivity contribution in [3.8, 4) is 5.75 Å². The number of ether oxygens (including phenoxy) is 2. The average Bonchev–Trinajstić information content (AvgIpc) is 3.30. The first-order valence-corrected chi connectivity index (χ1v) is 10.4. The van der Waals surface area contributed by atoms with Crippen molar-refractivity contribution in [2.24, 2.45) is 11.3 Å². The largest absolute Gasteiger partial charge is 0.497 e. The molecule has 5 nitrogen and oxygen atoms in total. The van der Waals surface area contributed by atoms with Crippen LogP contribution in [0, 0.1) is 11.3 Å². The van der Waals surface area contributed by atoms with E-state index >= 15 is 0 Å². The molecule has 0 unspecified atom stereocenters. The number of hydrogen-bond acceptors (Lipinski definition) is 4. The number of rotatable bonds is 6. The Morgan fingerprint density at radius 2 is 2.15 bits per heavy atom. The van der Waals surface area contributed by atoms with Gasteiger partial charge >= 0.3 is 0 Å². The van der Waals surface area contributed by atoms with Gasteiger partial charge in [-0.05, 0) is 74.3 Å². The zero-order valence-electron chi connectivity index (χ0n) is 16.5. The third-order valence-electron chi connectivity index (χ3n) is 6.71. The minimum Gasteiger partial charge on any atom is -0.497 e. The SMILES string of the molecule is COc1cccc(CN2CC3(CCN(CC[C@H]4CCOC4)CC3)CC2=O)c1. The molecule has 0 N–H and O–H groups in total. The third kappa shape index (κ3) is 4.46. The molecule has 3 aliphatic heterocycles. The molecule has 5 heteroatoms. The van der Waals surface area contributed by atoms with Crippen LogP contribution in [0.1, 0.15) is 37.7 Å². The van der Waals surface area contributed by atoms with E-state index in [4.69, 9.17) is 9.47 Å². The van der Waals surface area contributed by atoms with Crippen LogP contribution in [0.2, 0.25) is 0 Å². The Labute approximate surface area is 162 Å². The molecule has 1 amide bonds. The van der Waals surface area contributed by atoms with Crippen molar-refractivity contribution in [3.05, 3.63) is 29.8 Å². The molecule has 4 rings (SSSR count). The number of hydrogen-bond donors (Lipinski definition) is 0. The number of nitrogens with zero attached hydrogens (tertiary/aromatic N) is 2. The van der Waals surface area contributed by atoms with Crippen molar-refractivity contribution in [1.82, 2.24) is 9.80 Å². The van der Waals surface area contributed by atoms with Gasteiger partial charge in [-0.2, -0.15) is 0 Å². The second kappa shape index (κ2) is 8.19. The molecule has 1 aromatic carbocycles. The maximum Gasteiger partial charge on any atom is 0.223 e. The lowest BCUT2D eigenvalue weighted by Gasteiger charge is -2.39. The molecular formula is C22H32N2O3. The molecule has 0 saturated carbocycles. The number of amides is 1. The zero-order valence-corrected chi connectivity index (χ0v) is 16.5. The number of methoxy groups -OCH3 is 1. The molecule has 148 valence electrons. The number of likely N-dealkylation sites (tertiary alicyclic amines) is 2. The fraction of sp³-hybridized carbons (Fsp3) is 0.682. The first-order chi connectivity index (χ1) is 13.2. The lowest BCUT2D eigenvalue weighted by molar-refractivity contribution is -0.128. The molecule has 0 radical (unpaired) electrons. The summed E-state index contributed by atoms with van der Waals surface area (Å²) in [5, 5.41) is 0. The smallest absolute Gasteiger partial charge is 0.223 e. The zero-order chi connectivity index (χ0) is 18.7. The van der Waals surface area contributed by atoms with E-state index in [0.717, 1.165) is 69.3 Å². The molecule has 0 aromatic heterocycles. The summed E-state index contributed by atoms with van der Waals surface area (Å²) in [5.41, 5.74) is 1.35. The molecule has 1 aromatic rings. The highest BCUT2D eigenvalue weighted by atomic mass is 16.5. The van der Waals surface area contributed by atoms with E-state index in [2.05, 4.69) is 15.9 Å². The lowest BCUT2D eigenvalue weighted by atomic mass is 9.77. The van der Waals surface area contributed by atoms with Crippen LogP contribution in [0.25, 0.3) is 0 Å². The summed E-state index contributed by atoms with van der Waals surface area (Å²) in [7, 11) is 1.68. The van der Waals surface area contributed by atoms with Crippen molar-refractivity contribution in [3.63, 3.8) is 0 Å². The quantitative estimate of drug-likeness (QED) is 0.770. The van der Waals surface area contributed by atoms with Crippen LogP contribution in [0.4, 0.5) is 0 Å². The van der Waals surface area contributed by atoms with Crippen LogP contribution >= 0.6 is 0 Å². The summed E-state index contributed by atoms with van der Waals surface area (Å²) in [5.74, 6) is 1.93. The average molecular weight is 373 g/mol. The second-order valence-electron chi connectivity index (χ2n) is 8.64. The molecule has 1 spiro atoms. The highest BCUT2D eigenvalue weighted by Gasteiger charge is 2.44. The van der Waals surface area contributed by atoms with Gasteiger partial charge in [-0.15, -0.1) is 0 Å². The Kier molecular flexibility index (Phi) is 5.69. The molecular weight excluding hydrogens is 340 g/mol. The number of piperidine rings is 1. The summed E-state index contributed by atoms with van der Waals surface area (Å²) in [6.45, 7) is 6.95. The first-order valence-electron chi connectivity index (χ1n) is 10.4. The minimum absolute atomic E-state index is 0.197. The van der Waals surface area contributed by atoms with E-state index in [1.165, 1.54) is 19.4 Å². The van der Waals surface area contributed by atoms with Gasteiger partial charge < -0.3 is 19.3 Å². The Morgan fingerprint density at radius 3 is 2.89 bits per heavy atom. The molecule has 0 bridgehead atoms. The van der Waals surface area contributed by atoms with E-state index in [1.807, 2.05) is 18.2 Å². The molecule has 3 heterocycles. The van der Waals surface area contributed by atoms with Crippen molar-refractivity contribution in [2.75, 3.05) is 46.5 Å². The Balaban J connectivity index is 1.28. The van der Waals surface area contributed by atoms with Crippen molar-refractivity contribution in [1.29, 1.82) is 0 Å². The highest BCUT2D eigenvalue weighted by Crippen LogP contribution is 2.41. The molecule has 1 atom stereocenters. The fourth-order valence-corrected chi connectivity index (χ4v) is 4.88. The predicted molar refractivity (Wildman–Crippen MR) is 105 cm³/mol. The van der Waals surface area contributed by atoms with Crippen molar-refractivity contribution < 1.29 is 14.3 Å². The molecule has 27 heavy (non-hydrogen) atoms. The van der Waals surface area contributed by atoms with E-state index in [-0.39, 0.29) is 5.41 Å². The normalized spacial score (nSPS) is 25.4. The minimum atomic E-state index is 0.197. The maximum atomic E-state index is 12.7. The summed E-state index contributed by atoms with van der Waals surface area (Å²) in [6, 6.07) is 8.06. The molecule has 0 aliphatic carbocycles. The van der Waals surface area contributed by atoms with Gasteiger partial charge in [0.2, 0.25) is 5.91 Å². The molecule has 3 fully saturated rings. The summed E-state index contributed by atoms with van der Waals surface area (Å²) >= 11 is 0. The van der Waals surface area contributed by atoms with Gasteiger partial charge in [-0.25, -0.2) is 0 Å².